The molecule has 0 saturated heterocycles. The van der Waals surface area contributed by atoms with Crippen molar-refractivity contribution in [3.8, 4) is 0 Å². The van der Waals surface area contributed by atoms with Crippen LogP contribution in [0.2, 0.25) is 0 Å². The van der Waals surface area contributed by atoms with E-state index in [9.17, 15) is 4.79 Å². The van der Waals surface area contributed by atoms with Gasteiger partial charge in [-0.15, -0.1) is 0 Å². The van der Waals surface area contributed by atoms with Gasteiger partial charge >= 0.3 is 0 Å². The van der Waals surface area contributed by atoms with Crippen molar-refractivity contribution in [2.24, 2.45) is 11.3 Å². The maximum absolute atomic E-state index is 11.8. The first-order chi connectivity index (χ1) is 10.2. The molecule has 108 valence electrons. The molecule has 0 radical (unpaired) electrons. The molecule has 4 rings (SSSR count). The highest BCUT2D eigenvalue weighted by Gasteiger charge is 2.49. The van der Waals surface area contributed by atoms with E-state index in [1.165, 1.54) is 29.2 Å². The van der Waals surface area contributed by atoms with Crippen LogP contribution in [0.4, 0.5) is 0 Å². The molecule has 3 atom stereocenters. The number of rotatable bonds is 1. The van der Waals surface area contributed by atoms with Crippen LogP contribution in [0.25, 0.3) is 10.8 Å². The molecule has 1 heterocycles. The molecule has 2 heteroatoms. The molecule has 2 saturated carbocycles. The van der Waals surface area contributed by atoms with Crippen LogP contribution in [0.15, 0.2) is 36.7 Å². The van der Waals surface area contributed by atoms with Gasteiger partial charge in [-0.1, -0.05) is 19.1 Å². The van der Waals surface area contributed by atoms with Gasteiger partial charge in [0.05, 0.1) is 0 Å². The summed E-state index contributed by atoms with van der Waals surface area (Å²) >= 11 is 0. The molecule has 0 N–H and O–H groups in total. The number of nitrogens with zero attached hydrogens (tertiary/aromatic N) is 1. The maximum Gasteiger partial charge on any atom is 0.133 e. The van der Waals surface area contributed by atoms with Crippen molar-refractivity contribution in [2.75, 3.05) is 0 Å². The van der Waals surface area contributed by atoms with E-state index in [0.717, 1.165) is 19.3 Å². The first-order valence-electron chi connectivity index (χ1n) is 8.02. The summed E-state index contributed by atoms with van der Waals surface area (Å²) in [5.41, 5.74) is 1.75. The fraction of sp³-hybridized carbons (Fsp3) is 0.474. The summed E-state index contributed by atoms with van der Waals surface area (Å²) in [7, 11) is 0. The van der Waals surface area contributed by atoms with Crippen LogP contribution in [-0.4, -0.2) is 10.8 Å². The minimum absolute atomic E-state index is 0.309. The van der Waals surface area contributed by atoms with Crippen LogP contribution >= 0.6 is 0 Å². The lowest BCUT2D eigenvalue weighted by Crippen LogP contribution is -2.34. The Labute approximate surface area is 125 Å². The van der Waals surface area contributed by atoms with E-state index in [1.54, 1.807) is 0 Å². The molecule has 2 aliphatic rings. The number of carbonyl (C=O) groups excluding carboxylic acids is 1. The predicted molar refractivity (Wildman–Crippen MR) is 84.2 cm³/mol. The van der Waals surface area contributed by atoms with Gasteiger partial charge in [-0.2, -0.15) is 0 Å². The van der Waals surface area contributed by atoms with Crippen LogP contribution in [0.5, 0.6) is 0 Å². The van der Waals surface area contributed by atoms with Gasteiger partial charge in [-0.25, -0.2) is 0 Å². The van der Waals surface area contributed by atoms with E-state index in [1.807, 2.05) is 12.4 Å². The molecule has 2 aromatic rings. The summed E-state index contributed by atoms with van der Waals surface area (Å²) in [6.07, 6.45) is 8.88. The summed E-state index contributed by atoms with van der Waals surface area (Å²) in [5.74, 6) is 1.66. The highest BCUT2D eigenvalue weighted by Crippen LogP contribution is 2.58. The Morgan fingerprint density at radius 3 is 3.00 bits per heavy atom. The van der Waals surface area contributed by atoms with Crippen molar-refractivity contribution in [1.82, 2.24) is 4.98 Å². The largest absolute Gasteiger partial charge is 0.300 e. The van der Waals surface area contributed by atoms with Crippen molar-refractivity contribution in [1.29, 1.82) is 0 Å². The fourth-order valence-corrected chi connectivity index (χ4v) is 4.68. The standard InChI is InChI=1S/C19H21NO/c1-19-8-6-17(21)11-16(19)4-5-18(19)14-3-2-13-7-9-20-12-15(13)10-14/h2-3,7,9-10,12,16,18H,4-6,8,11H2,1H3/t16-,18+,19-/m0/s1. The highest BCUT2D eigenvalue weighted by molar-refractivity contribution is 5.82. The zero-order valence-electron chi connectivity index (χ0n) is 12.5. The van der Waals surface area contributed by atoms with Crippen molar-refractivity contribution in [3.05, 3.63) is 42.2 Å². The molecule has 2 aliphatic carbocycles. The van der Waals surface area contributed by atoms with Gasteiger partial charge in [0.2, 0.25) is 0 Å². The zero-order valence-corrected chi connectivity index (χ0v) is 12.5. The number of Topliss-reactive ketones (excluding diaryl/α,β-unsaturated/α-hetero) is 1. The average Bonchev–Trinajstić information content (AvgIpc) is 2.84. The molecule has 0 unspecified atom stereocenters. The van der Waals surface area contributed by atoms with E-state index in [-0.39, 0.29) is 0 Å². The average molecular weight is 279 g/mol. The second-order valence-corrected chi connectivity index (χ2v) is 7.06. The molecule has 0 bridgehead atoms. The van der Waals surface area contributed by atoms with E-state index < -0.39 is 0 Å². The maximum atomic E-state index is 11.8. The van der Waals surface area contributed by atoms with Gasteiger partial charge in [0.1, 0.15) is 5.78 Å². The Morgan fingerprint density at radius 2 is 2.10 bits per heavy atom. The summed E-state index contributed by atoms with van der Waals surface area (Å²) in [6.45, 7) is 2.41. The molecule has 0 amide bonds. The molecule has 0 spiro atoms. The number of pyridine rings is 1. The van der Waals surface area contributed by atoms with Crippen LogP contribution < -0.4 is 0 Å². The van der Waals surface area contributed by atoms with Crippen molar-refractivity contribution >= 4 is 16.6 Å². The zero-order chi connectivity index (χ0) is 14.4. The SMILES string of the molecule is C[C@]12CCC(=O)C[C@@H]1CC[C@@H]2c1ccc2ccncc2c1. The van der Waals surface area contributed by atoms with Gasteiger partial charge in [0.25, 0.3) is 0 Å². The first-order valence-corrected chi connectivity index (χ1v) is 8.02. The highest BCUT2D eigenvalue weighted by atomic mass is 16.1. The van der Waals surface area contributed by atoms with Crippen LogP contribution in [0, 0.1) is 11.3 Å². The fourth-order valence-electron chi connectivity index (χ4n) is 4.68. The lowest BCUT2D eigenvalue weighted by molar-refractivity contribution is -0.124. The third kappa shape index (κ3) is 2.00. The molecule has 0 aliphatic heterocycles. The van der Waals surface area contributed by atoms with Crippen LogP contribution in [-0.2, 0) is 4.79 Å². The Bertz CT molecular complexity index is 708. The van der Waals surface area contributed by atoms with Crippen molar-refractivity contribution < 1.29 is 4.79 Å². The number of carbonyl (C=O) groups is 1. The third-order valence-corrected chi connectivity index (χ3v) is 6.02. The summed E-state index contributed by atoms with van der Waals surface area (Å²) in [6, 6.07) is 8.89. The normalized spacial score (nSPS) is 32.3. The molecular formula is C19H21NO. The minimum atomic E-state index is 0.309. The number of hydrogen-bond donors (Lipinski definition) is 0. The summed E-state index contributed by atoms with van der Waals surface area (Å²) < 4.78 is 0. The second-order valence-electron chi connectivity index (χ2n) is 7.06. The number of fused-ring (bicyclic) bond motifs is 2. The smallest absolute Gasteiger partial charge is 0.133 e. The molecule has 2 nitrogen and oxygen atoms in total. The molecule has 1 aromatic carbocycles. The molecular weight excluding hydrogens is 258 g/mol. The number of hydrogen-bond acceptors (Lipinski definition) is 2. The van der Waals surface area contributed by atoms with Gasteiger partial charge in [-0.3, -0.25) is 9.78 Å². The lowest BCUT2D eigenvalue weighted by Gasteiger charge is -2.40. The van der Waals surface area contributed by atoms with E-state index in [2.05, 4.69) is 36.2 Å². The van der Waals surface area contributed by atoms with Gasteiger partial charge in [0, 0.05) is 30.6 Å². The topological polar surface area (TPSA) is 30.0 Å². The Balaban J connectivity index is 1.73. The van der Waals surface area contributed by atoms with Gasteiger partial charge in [-0.05, 0) is 59.6 Å². The second kappa shape index (κ2) is 4.66. The quantitative estimate of drug-likeness (QED) is 0.770. The summed E-state index contributed by atoms with van der Waals surface area (Å²) in [4.78, 5) is 16.0. The monoisotopic (exact) mass is 279 g/mol. The van der Waals surface area contributed by atoms with E-state index >= 15 is 0 Å². The minimum Gasteiger partial charge on any atom is -0.300 e. The Hall–Kier alpha value is -1.70. The van der Waals surface area contributed by atoms with Crippen molar-refractivity contribution in [2.45, 2.75) is 44.9 Å². The number of ketones is 1. The van der Waals surface area contributed by atoms with Gasteiger partial charge in [0.15, 0.2) is 0 Å². The van der Waals surface area contributed by atoms with Crippen LogP contribution in [0.1, 0.15) is 50.5 Å². The molecule has 2 fully saturated rings. The first kappa shape index (κ1) is 13.0. The molecule has 21 heavy (non-hydrogen) atoms. The predicted octanol–water partition coefficient (Wildman–Crippen LogP) is 4.49. The lowest BCUT2D eigenvalue weighted by atomic mass is 9.63. The van der Waals surface area contributed by atoms with E-state index in [0.29, 0.717) is 23.0 Å². The third-order valence-electron chi connectivity index (χ3n) is 6.02. The Morgan fingerprint density at radius 1 is 1.19 bits per heavy atom. The number of benzene rings is 1. The van der Waals surface area contributed by atoms with Gasteiger partial charge < -0.3 is 0 Å². The number of aromatic nitrogens is 1. The van der Waals surface area contributed by atoms with Crippen molar-refractivity contribution in [3.63, 3.8) is 0 Å². The Kier molecular flexibility index (Phi) is 2.88. The van der Waals surface area contributed by atoms with E-state index in [4.69, 9.17) is 0 Å². The summed E-state index contributed by atoms with van der Waals surface area (Å²) in [5, 5.41) is 2.49. The molecule has 1 aromatic heterocycles. The van der Waals surface area contributed by atoms with Crippen LogP contribution in [0.3, 0.4) is 0 Å².